The van der Waals surface area contributed by atoms with E-state index in [1.165, 1.54) is 6.92 Å². The van der Waals surface area contributed by atoms with Gasteiger partial charge >= 0.3 is 0 Å². The van der Waals surface area contributed by atoms with Crippen LogP contribution in [0.15, 0.2) is 36.4 Å². The number of nitrogens with two attached hydrogens (primary N) is 1. The number of hydrogen-bond donors (Lipinski definition) is 1. The molecule has 0 spiro atoms. The molecule has 16 heavy (non-hydrogen) atoms. The summed E-state index contributed by atoms with van der Waals surface area (Å²) in [4.78, 5) is 22.6. The van der Waals surface area contributed by atoms with Crippen LogP contribution in [0.2, 0.25) is 0 Å². The number of amides is 1. The number of Topliss-reactive ketones (excluding diaryl/α,β-unsaturated/α-hetero) is 1. The number of benzene rings is 2. The Bertz CT molecular complexity index is 535. The van der Waals surface area contributed by atoms with Gasteiger partial charge in [0, 0.05) is 5.56 Å². The molecular formula is C13H11NO2. The lowest BCUT2D eigenvalue weighted by atomic mass is 9.98. The third kappa shape index (κ3) is 1.67. The summed E-state index contributed by atoms with van der Waals surface area (Å²) in [6, 6.07) is 10.9. The monoisotopic (exact) mass is 213 g/mol. The van der Waals surface area contributed by atoms with Crippen molar-refractivity contribution in [2.45, 2.75) is 6.92 Å². The van der Waals surface area contributed by atoms with Crippen LogP contribution < -0.4 is 5.73 Å². The topological polar surface area (TPSA) is 60.2 Å². The third-order valence-corrected chi connectivity index (χ3v) is 2.53. The Labute approximate surface area is 92.9 Å². The van der Waals surface area contributed by atoms with Gasteiger partial charge in [0.05, 0.1) is 5.56 Å². The molecule has 2 rings (SSSR count). The first kappa shape index (κ1) is 10.4. The maximum Gasteiger partial charge on any atom is 0.249 e. The van der Waals surface area contributed by atoms with Crippen molar-refractivity contribution in [3.05, 3.63) is 47.5 Å². The first-order valence-electron chi connectivity index (χ1n) is 4.93. The molecule has 0 aliphatic carbocycles. The van der Waals surface area contributed by atoms with Crippen molar-refractivity contribution in [3.8, 4) is 0 Å². The fourth-order valence-electron chi connectivity index (χ4n) is 1.74. The van der Waals surface area contributed by atoms with Crippen molar-refractivity contribution in [2.24, 2.45) is 5.73 Å². The average Bonchev–Trinajstić information content (AvgIpc) is 2.27. The second kappa shape index (κ2) is 3.77. The first-order chi connectivity index (χ1) is 7.59. The van der Waals surface area contributed by atoms with Crippen LogP contribution in [0.25, 0.3) is 10.8 Å². The molecule has 0 atom stereocenters. The molecule has 0 aliphatic heterocycles. The molecule has 0 heterocycles. The zero-order valence-corrected chi connectivity index (χ0v) is 8.86. The van der Waals surface area contributed by atoms with Crippen LogP contribution in [0.1, 0.15) is 27.6 Å². The van der Waals surface area contributed by atoms with Gasteiger partial charge in [0.1, 0.15) is 0 Å². The number of primary amides is 1. The highest BCUT2D eigenvalue weighted by Gasteiger charge is 2.12. The molecule has 2 N–H and O–H groups in total. The second-order valence-electron chi connectivity index (χ2n) is 3.67. The molecular weight excluding hydrogens is 202 g/mol. The van der Waals surface area contributed by atoms with Crippen LogP contribution in [-0.2, 0) is 0 Å². The molecule has 2 aromatic carbocycles. The van der Waals surface area contributed by atoms with E-state index in [-0.39, 0.29) is 11.3 Å². The molecule has 3 nitrogen and oxygen atoms in total. The zero-order chi connectivity index (χ0) is 11.7. The van der Waals surface area contributed by atoms with Gasteiger partial charge in [-0.3, -0.25) is 9.59 Å². The van der Waals surface area contributed by atoms with Crippen LogP contribution in [0, 0.1) is 0 Å². The Kier molecular flexibility index (Phi) is 2.44. The predicted molar refractivity (Wildman–Crippen MR) is 62.5 cm³/mol. The molecule has 1 amide bonds. The number of hydrogen-bond acceptors (Lipinski definition) is 2. The van der Waals surface area contributed by atoms with Crippen molar-refractivity contribution in [1.29, 1.82) is 0 Å². The van der Waals surface area contributed by atoms with Gasteiger partial charge in [0.15, 0.2) is 5.78 Å². The van der Waals surface area contributed by atoms with Crippen molar-refractivity contribution >= 4 is 22.5 Å². The van der Waals surface area contributed by atoms with E-state index in [4.69, 9.17) is 5.73 Å². The van der Waals surface area contributed by atoms with E-state index in [2.05, 4.69) is 0 Å². The van der Waals surface area contributed by atoms with Crippen LogP contribution in [0.5, 0.6) is 0 Å². The molecule has 80 valence electrons. The van der Waals surface area contributed by atoms with Gasteiger partial charge in [-0.15, -0.1) is 0 Å². The lowest BCUT2D eigenvalue weighted by Gasteiger charge is -2.06. The maximum absolute atomic E-state index is 11.4. The lowest BCUT2D eigenvalue weighted by Crippen LogP contribution is -2.15. The number of ketones is 1. The summed E-state index contributed by atoms with van der Waals surface area (Å²) in [6.45, 7) is 1.43. The number of carbonyl (C=O) groups is 2. The molecule has 0 bridgehead atoms. The highest BCUT2D eigenvalue weighted by atomic mass is 16.1. The van der Waals surface area contributed by atoms with Gasteiger partial charge in [-0.25, -0.2) is 0 Å². The Morgan fingerprint density at radius 2 is 1.50 bits per heavy atom. The predicted octanol–water partition coefficient (Wildman–Crippen LogP) is 2.14. The van der Waals surface area contributed by atoms with Crippen LogP contribution in [-0.4, -0.2) is 11.7 Å². The second-order valence-corrected chi connectivity index (χ2v) is 3.67. The van der Waals surface area contributed by atoms with Crippen molar-refractivity contribution in [1.82, 2.24) is 0 Å². The summed E-state index contributed by atoms with van der Waals surface area (Å²) >= 11 is 0. The minimum Gasteiger partial charge on any atom is -0.366 e. The molecule has 0 aliphatic rings. The lowest BCUT2D eigenvalue weighted by molar-refractivity contribution is 0.0973. The number of fused-ring (bicyclic) bond motifs is 1. The number of rotatable bonds is 2. The molecule has 0 fully saturated rings. The Hall–Kier alpha value is -2.16. The van der Waals surface area contributed by atoms with Gasteiger partial charge in [-0.2, -0.15) is 0 Å². The van der Waals surface area contributed by atoms with Gasteiger partial charge in [0.25, 0.3) is 0 Å². The summed E-state index contributed by atoms with van der Waals surface area (Å²) in [5, 5.41) is 1.83. The zero-order valence-electron chi connectivity index (χ0n) is 8.86. The van der Waals surface area contributed by atoms with Gasteiger partial charge < -0.3 is 5.73 Å². The summed E-state index contributed by atoms with van der Waals surface area (Å²) in [7, 11) is 0. The summed E-state index contributed by atoms with van der Waals surface area (Å²) in [5.74, 6) is -0.726. The minimum atomic E-state index is -0.573. The summed E-state index contributed by atoms with van der Waals surface area (Å²) < 4.78 is 0. The molecule has 0 unspecified atom stereocenters. The van der Waals surface area contributed by atoms with Crippen LogP contribution >= 0.6 is 0 Å². The van der Waals surface area contributed by atoms with E-state index < -0.39 is 5.91 Å². The molecule has 0 saturated heterocycles. The molecule has 2 aromatic rings. The van der Waals surface area contributed by atoms with Crippen molar-refractivity contribution < 1.29 is 9.59 Å². The highest BCUT2D eigenvalue weighted by Crippen LogP contribution is 2.20. The molecule has 3 heteroatoms. The van der Waals surface area contributed by atoms with Crippen molar-refractivity contribution in [3.63, 3.8) is 0 Å². The fourth-order valence-corrected chi connectivity index (χ4v) is 1.74. The van der Waals surface area contributed by atoms with E-state index in [1.54, 1.807) is 12.1 Å². The Morgan fingerprint density at radius 3 is 1.94 bits per heavy atom. The molecule has 0 radical (unpaired) electrons. The highest BCUT2D eigenvalue weighted by molar-refractivity contribution is 6.10. The normalized spacial score (nSPS) is 10.3. The van der Waals surface area contributed by atoms with E-state index in [0.29, 0.717) is 5.56 Å². The van der Waals surface area contributed by atoms with E-state index in [9.17, 15) is 9.59 Å². The Morgan fingerprint density at radius 1 is 1.00 bits per heavy atom. The van der Waals surface area contributed by atoms with Crippen LogP contribution in [0.4, 0.5) is 0 Å². The maximum atomic E-state index is 11.4. The van der Waals surface area contributed by atoms with Crippen molar-refractivity contribution in [2.75, 3.05) is 0 Å². The largest absolute Gasteiger partial charge is 0.366 e. The Balaban J connectivity index is 2.81. The van der Waals surface area contributed by atoms with Gasteiger partial charge in [-0.1, -0.05) is 24.3 Å². The van der Waals surface area contributed by atoms with E-state index in [0.717, 1.165) is 10.8 Å². The van der Waals surface area contributed by atoms with E-state index >= 15 is 0 Å². The fraction of sp³-hybridized carbons (Fsp3) is 0.0769. The summed E-state index contributed by atoms with van der Waals surface area (Å²) in [6.07, 6.45) is 0. The van der Waals surface area contributed by atoms with Crippen LogP contribution in [0.3, 0.4) is 0 Å². The third-order valence-electron chi connectivity index (χ3n) is 2.53. The summed E-state index contributed by atoms with van der Waals surface area (Å²) in [5.41, 5.74) is 5.92. The molecule has 0 aromatic heterocycles. The van der Waals surface area contributed by atoms with E-state index in [1.807, 2.05) is 24.3 Å². The number of carbonyl (C=O) groups excluding carboxylic acids is 2. The standard InChI is InChI=1S/C13H11NO2/c1-8(15)11-6-9-4-2-3-5-10(9)7-12(11)13(14)16/h2-7H,1H3,(H2,14,16). The first-order valence-corrected chi connectivity index (χ1v) is 4.93. The quantitative estimate of drug-likeness (QED) is 0.777. The average molecular weight is 213 g/mol. The SMILES string of the molecule is CC(=O)c1cc2ccccc2cc1C(N)=O. The minimum absolute atomic E-state index is 0.153. The van der Waals surface area contributed by atoms with Gasteiger partial charge in [-0.05, 0) is 29.8 Å². The molecule has 0 saturated carbocycles. The smallest absolute Gasteiger partial charge is 0.249 e. The van der Waals surface area contributed by atoms with Gasteiger partial charge in [0.2, 0.25) is 5.91 Å².